The Balaban J connectivity index is 0.821. The van der Waals surface area contributed by atoms with Crippen LogP contribution >= 0.6 is 0 Å². The van der Waals surface area contributed by atoms with Crippen LogP contribution in [0.1, 0.15) is 154 Å². The molecule has 3 aromatic carbocycles. The van der Waals surface area contributed by atoms with Crippen molar-refractivity contribution in [2.75, 3.05) is 20.2 Å². The number of aromatic nitrogens is 1. The summed E-state index contributed by atoms with van der Waals surface area (Å²) in [4.78, 5) is 33.6. The minimum absolute atomic E-state index is 0.00900. The van der Waals surface area contributed by atoms with Crippen molar-refractivity contribution < 1.29 is 45.0 Å². The number of carbonyl (C=O) groups is 2. The average Bonchev–Trinajstić information content (AvgIpc) is 1.70. The number of dihydropyridines is 1. The first kappa shape index (κ1) is 56.8. The van der Waals surface area contributed by atoms with Crippen LogP contribution in [0.15, 0.2) is 84.3 Å². The van der Waals surface area contributed by atoms with E-state index in [-0.39, 0.29) is 138 Å². The van der Waals surface area contributed by atoms with Gasteiger partial charge in [-0.25, -0.2) is 0 Å². The quantitative estimate of drug-likeness (QED) is 0.0492. The highest BCUT2D eigenvalue weighted by molar-refractivity contribution is 5.89. The lowest BCUT2D eigenvalue weighted by Crippen LogP contribution is -2.70. The highest BCUT2D eigenvalue weighted by atomic mass is 16.5. The fourth-order valence-corrected chi connectivity index (χ4v) is 19.8. The maximum Gasteiger partial charge on any atom is 0.160 e. The molecule has 4 aromatic rings. The summed E-state index contributed by atoms with van der Waals surface area (Å²) < 4.78 is 5.62. The number of fused-ring (bicyclic) bond motifs is 5. The number of hydrogen-bond donors (Lipinski definition) is 11. The van der Waals surface area contributed by atoms with E-state index in [0.717, 1.165) is 66.1 Å². The molecule has 14 heteroatoms. The predicted molar refractivity (Wildman–Crippen MR) is 324 cm³/mol. The second kappa shape index (κ2) is 22.3. The van der Waals surface area contributed by atoms with Gasteiger partial charge in [-0.2, -0.15) is 0 Å². The Morgan fingerprint density at radius 1 is 0.882 bits per heavy atom. The van der Waals surface area contributed by atoms with Gasteiger partial charge in [0.2, 0.25) is 0 Å². The Morgan fingerprint density at radius 3 is 2.54 bits per heavy atom. The SMILES string of the molecule is COc1cc2c(cc1O)C(CC(O)C(O)CC(C1=CCNC(N)=C1)c1ccc3ccccc3c1)C#CC1(CCC(C3C4CNC5(C)CCCC5C#CCC5NC6CC(=O)C7CCc8c[nH]c9c8C7C6C(C94)C5C3CCC(O)O)CC1O)C(=O)CC2. The molecule has 11 aliphatic rings. The van der Waals surface area contributed by atoms with Crippen LogP contribution in [-0.4, -0.2) is 110 Å². The number of nitrogens with one attached hydrogen (secondary N) is 4. The van der Waals surface area contributed by atoms with Gasteiger partial charge in [0.05, 0.1) is 31.2 Å². The molecule has 0 amide bonds. The number of allylic oxidation sites excluding steroid dienone is 2. The molecule has 5 heterocycles. The van der Waals surface area contributed by atoms with Gasteiger partial charge in [-0.1, -0.05) is 72.7 Å². The molecule has 5 fully saturated rings. The maximum atomic E-state index is 15.3. The predicted octanol–water partition coefficient (Wildman–Crippen LogP) is 7.36. The van der Waals surface area contributed by atoms with Crippen LogP contribution in [0.5, 0.6) is 11.5 Å². The van der Waals surface area contributed by atoms with Gasteiger partial charge < -0.3 is 62.0 Å². The number of phenols is 1. The Labute approximate surface area is 499 Å². The first-order valence-corrected chi connectivity index (χ1v) is 32.1. The lowest BCUT2D eigenvalue weighted by Gasteiger charge is -2.67. The molecule has 15 rings (SSSR count). The highest BCUT2D eigenvalue weighted by Crippen LogP contribution is 2.69. The lowest BCUT2D eigenvalue weighted by atomic mass is 9.40. The van der Waals surface area contributed by atoms with Crippen molar-refractivity contribution in [2.24, 2.45) is 64.4 Å². The molecule has 20 atom stereocenters. The number of aromatic hydroxyl groups is 1. The number of nitrogens with two attached hydrogens (primary N) is 1. The summed E-state index contributed by atoms with van der Waals surface area (Å²) in [5.41, 5.74) is 12.0. The first-order chi connectivity index (χ1) is 41.1. The zero-order chi connectivity index (χ0) is 58.6. The van der Waals surface area contributed by atoms with Gasteiger partial charge in [-0.05, 0) is 194 Å². The average molecular weight is 1150 g/mol. The molecule has 4 bridgehead atoms. The van der Waals surface area contributed by atoms with Gasteiger partial charge in [0.25, 0.3) is 0 Å². The second-order valence-corrected chi connectivity index (χ2v) is 27.8. The van der Waals surface area contributed by atoms with E-state index < -0.39 is 35.9 Å². The van der Waals surface area contributed by atoms with Gasteiger partial charge in [0.1, 0.15) is 11.2 Å². The number of rotatable bonds is 12. The van der Waals surface area contributed by atoms with E-state index >= 15 is 4.79 Å². The number of benzene rings is 3. The fraction of sp³-hybridized carbons (Fsp3) is 0.577. The van der Waals surface area contributed by atoms with Crippen molar-refractivity contribution in [3.05, 3.63) is 118 Å². The molecule has 20 unspecified atom stereocenters. The second-order valence-electron chi connectivity index (χ2n) is 27.8. The summed E-state index contributed by atoms with van der Waals surface area (Å²) in [6.45, 7) is 3.61. The van der Waals surface area contributed by atoms with Gasteiger partial charge in [0, 0.05) is 90.8 Å². The number of methoxy groups -OCH3 is 1. The molecule has 1 saturated heterocycles. The molecule has 7 aliphatic carbocycles. The minimum Gasteiger partial charge on any atom is -0.504 e. The van der Waals surface area contributed by atoms with E-state index in [1.54, 1.807) is 12.1 Å². The number of piperidine rings is 1. The van der Waals surface area contributed by atoms with E-state index in [2.05, 4.69) is 94.1 Å². The first-order valence-electron chi connectivity index (χ1n) is 32.1. The number of aliphatic hydroxyl groups excluding tert-OH is 4. The number of hydrogen-bond acceptors (Lipinski definition) is 13. The fourth-order valence-electron chi connectivity index (χ4n) is 19.8. The third-order valence-electron chi connectivity index (χ3n) is 23.7. The largest absolute Gasteiger partial charge is 0.504 e. The molecule has 0 radical (unpaired) electrons. The number of phenolic OH excluding ortho intramolecular Hbond substituents is 1. The number of aromatic amines is 1. The van der Waals surface area contributed by atoms with E-state index in [4.69, 9.17) is 10.5 Å². The van der Waals surface area contributed by atoms with Crippen LogP contribution in [0.2, 0.25) is 0 Å². The molecule has 85 heavy (non-hydrogen) atoms. The van der Waals surface area contributed by atoms with Crippen LogP contribution < -0.4 is 26.4 Å². The van der Waals surface area contributed by atoms with Crippen molar-refractivity contribution in [1.29, 1.82) is 0 Å². The summed E-state index contributed by atoms with van der Waals surface area (Å²) in [5, 5.41) is 84.5. The minimum atomic E-state index is -1.49. The van der Waals surface area contributed by atoms with Crippen LogP contribution in [0.4, 0.5) is 0 Å². The van der Waals surface area contributed by atoms with Crippen molar-refractivity contribution in [3.63, 3.8) is 0 Å². The molecule has 448 valence electrons. The molecule has 4 aliphatic heterocycles. The lowest BCUT2D eigenvalue weighted by molar-refractivity contribution is -0.151. The molecule has 4 saturated carbocycles. The third kappa shape index (κ3) is 9.76. The zero-order valence-electron chi connectivity index (χ0n) is 49.1. The van der Waals surface area contributed by atoms with E-state index in [9.17, 15) is 35.4 Å². The molecular weight excluding hydrogens is 1070 g/mol. The van der Waals surface area contributed by atoms with Gasteiger partial charge in [0.15, 0.2) is 23.6 Å². The van der Waals surface area contributed by atoms with Crippen LogP contribution in [0.25, 0.3) is 10.8 Å². The monoisotopic (exact) mass is 1150 g/mol. The van der Waals surface area contributed by atoms with Crippen LogP contribution in [0.3, 0.4) is 0 Å². The summed E-state index contributed by atoms with van der Waals surface area (Å²) in [6, 6.07) is 17.8. The molecule has 1 spiro atoms. The Bertz CT molecular complexity index is 3470. The van der Waals surface area contributed by atoms with Crippen molar-refractivity contribution in [2.45, 2.75) is 176 Å². The van der Waals surface area contributed by atoms with Gasteiger partial charge in [-0.3, -0.25) is 9.59 Å². The Hall–Kier alpha value is -5.94. The number of Topliss-reactive ketones (excluding diaryl/α,β-unsaturated/α-hetero) is 2. The Kier molecular flexibility index (Phi) is 14.9. The van der Waals surface area contributed by atoms with Crippen molar-refractivity contribution in [1.82, 2.24) is 20.9 Å². The molecule has 14 nitrogen and oxygen atoms in total. The summed E-state index contributed by atoms with van der Waals surface area (Å²) >= 11 is 0. The number of carbonyl (C=O) groups excluding carboxylic acids is 2. The topological polar surface area (TPSA) is 243 Å². The Morgan fingerprint density at radius 2 is 1.73 bits per heavy atom. The normalized spacial score (nSPS) is 37.1. The smallest absolute Gasteiger partial charge is 0.160 e. The number of ether oxygens (including phenoxy) is 1. The number of aliphatic hydroxyl groups is 5. The van der Waals surface area contributed by atoms with E-state index in [1.807, 2.05) is 18.2 Å². The molecule has 1 aromatic heterocycles. The molecule has 12 N–H and O–H groups in total. The maximum absolute atomic E-state index is 15.3. The molecular formula is C71H85N5O9. The zero-order valence-corrected chi connectivity index (χ0v) is 49.1. The van der Waals surface area contributed by atoms with E-state index in [1.165, 1.54) is 23.9 Å². The van der Waals surface area contributed by atoms with Gasteiger partial charge >= 0.3 is 0 Å². The van der Waals surface area contributed by atoms with Crippen molar-refractivity contribution >= 4 is 22.3 Å². The third-order valence-corrected chi connectivity index (χ3v) is 23.7. The number of H-pyrrole nitrogens is 1. The van der Waals surface area contributed by atoms with Crippen LogP contribution in [-0.2, 0) is 22.4 Å². The standard InChI is InChI=1S/C71H85N5O9/c1-70-23-6-10-45(70)9-5-11-51-64-47(17-19-61(83)84)62(50(36-75-70)66-68(64)67-52(76-51)34-53(77)46-16-14-44-35-74-69(66)63(44)65(46)67)43-21-25-71(59(82)30-43)24-20-41(49-33-56(80)57(85-2)29-40(49)15-18-58(71)81)28-54(78)55(79)32-48(42-22-26-73-60(72)31-42)39-13-12-37-7-3-4-8-38(37)27-39/h3-4,7-8,12-13,22,27,29,31,33,35,41,43,45-48,50-52,54-55,59,61-62,64-68,73-76,78-80,82-84H,6,10-11,14-19,21,23,25-26,28,30,32,34,36,72H2,1-2H3. The summed E-state index contributed by atoms with van der Waals surface area (Å²) in [6.07, 6.45) is 9.67. The number of ketones is 2. The summed E-state index contributed by atoms with van der Waals surface area (Å²) in [5.74, 6) is 15.4. The van der Waals surface area contributed by atoms with Gasteiger partial charge in [-0.15, -0.1) is 5.92 Å². The number of aryl methyl sites for hydroxylation is 2. The van der Waals surface area contributed by atoms with Crippen LogP contribution in [0, 0.1) is 82.4 Å². The highest BCUT2D eigenvalue weighted by Gasteiger charge is 2.67. The van der Waals surface area contributed by atoms with Crippen molar-refractivity contribution in [3.8, 4) is 35.2 Å². The van der Waals surface area contributed by atoms with E-state index in [0.29, 0.717) is 62.2 Å². The summed E-state index contributed by atoms with van der Waals surface area (Å²) in [7, 11) is 1.49.